The zero-order valence-electron chi connectivity index (χ0n) is 16.0. The molecule has 5 nitrogen and oxygen atoms in total. The van der Waals surface area contributed by atoms with Gasteiger partial charge in [0.05, 0.1) is 12.2 Å². The summed E-state index contributed by atoms with van der Waals surface area (Å²) in [7, 11) is 0. The quantitative estimate of drug-likeness (QED) is 0.453. The highest BCUT2D eigenvalue weighted by molar-refractivity contribution is 5.86. The molecule has 0 aliphatic heterocycles. The largest absolute Gasteiger partial charge is 0.481 e. The van der Waals surface area contributed by atoms with Crippen LogP contribution in [0.15, 0.2) is 48.6 Å². The molecule has 1 aliphatic rings. The first-order valence-electron chi connectivity index (χ1n) is 9.69. The summed E-state index contributed by atoms with van der Waals surface area (Å²) >= 11 is 0. The number of rotatable bonds is 12. The van der Waals surface area contributed by atoms with Gasteiger partial charge < -0.3 is 15.3 Å². The normalized spacial score (nSPS) is 24.9. The van der Waals surface area contributed by atoms with Gasteiger partial charge in [-0.1, -0.05) is 55.5 Å². The van der Waals surface area contributed by atoms with Gasteiger partial charge in [-0.2, -0.15) is 0 Å². The van der Waals surface area contributed by atoms with E-state index in [1.54, 1.807) is 12.2 Å². The van der Waals surface area contributed by atoms with E-state index in [9.17, 15) is 19.8 Å². The summed E-state index contributed by atoms with van der Waals surface area (Å²) in [5.41, 5.74) is 0. The number of carboxylic acid groups (broad SMARTS) is 1. The van der Waals surface area contributed by atoms with Gasteiger partial charge in [0.1, 0.15) is 5.78 Å². The predicted octanol–water partition coefficient (Wildman–Crippen LogP) is 3.58. The number of carboxylic acids is 1. The van der Waals surface area contributed by atoms with Crippen molar-refractivity contribution in [2.24, 2.45) is 11.8 Å². The fourth-order valence-electron chi connectivity index (χ4n) is 3.10. The van der Waals surface area contributed by atoms with Crippen LogP contribution < -0.4 is 0 Å². The van der Waals surface area contributed by atoms with Crippen molar-refractivity contribution in [2.75, 3.05) is 0 Å². The maximum Gasteiger partial charge on any atom is 0.303 e. The third-order valence-corrected chi connectivity index (χ3v) is 4.60. The van der Waals surface area contributed by atoms with Crippen LogP contribution in [0.2, 0.25) is 0 Å². The van der Waals surface area contributed by atoms with Gasteiger partial charge in [0.25, 0.3) is 0 Å². The number of aliphatic hydroxyl groups is 2. The van der Waals surface area contributed by atoms with E-state index >= 15 is 0 Å². The van der Waals surface area contributed by atoms with Crippen LogP contribution in [0, 0.1) is 11.8 Å². The minimum atomic E-state index is -0.805. The second-order valence-electron chi connectivity index (χ2n) is 6.84. The van der Waals surface area contributed by atoms with Crippen molar-refractivity contribution in [3.8, 4) is 0 Å². The zero-order chi connectivity index (χ0) is 20.1. The van der Waals surface area contributed by atoms with E-state index in [-0.39, 0.29) is 30.5 Å². The standard InChI is InChI=1S/C22H32O5/c1-2-3-8-11-17(23)14-15-19-18(20(24)16-21(19)25)12-9-6-4-5-7-10-13-22(26)27/h3,5-9,14-15,17-20,23-24H,2,4,10-13,16H2,1H3,(H,26,27)/b7-5-,8-3-,9-6-,15-14+/t17-,18+,19-,20+/m0/s1. The molecular weight excluding hydrogens is 344 g/mol. The highest BCUT2D eigenvalue weighted by Crippen LogP contribution is 2.33. The topological polar surface area (TPSA) is 94.8 Å². The lowest BCUT2D eigenvalue weighted by molar-refractivity contribution is -0.136. The lowest BCUT2D eigenvalue weighted by Crippen LogP contribution is -2.19. The molecule has 1 saturated carbocycles. The molecule has 4 atom stereocenters. The number of aliphatic carboxylic acids is 1. The first kappa shape index (κ1) is 23.1. The van der Waals surface area contributed by atoms with Gasteiger partial charge >= 0.3 is 5.97 Å². The zero-order valence-corrected chi connectivity index (χ0v) is 16.0. The molecule has 0 aromatic carbocycles. The van der Waals surface area contributed by atoms with Crippen LogP contribution in [0.1, 0.15) is 51.9 Å². The molecule has 3 N–H and O–H groups in total. The van der Waals surface area contributed by atoms with E-state index in [1.807, 2.05) is 43.4 Å². The summed E-state index contributed by atoms with van der Waals surface area (Å²) in [6, 6.07) is 0. The van der Waals surface area contributed by atoms with Crippen LogP contribution in [0.4, 0.5) is 0 Å². The number of hydrogen-bond acceptors (Lipinski definition) is 4. The Hall–Kier alpha value is -1.98. The number of ketones is 1. The molecule has 0 bridgehead atoms. The van der Waals surface area contributed by atoms with E-state index in [4.69, 9.17) is 5.11 Å². The Morgan fingerprint density at radius 3 is 2.63 bits per heavy atom. The third-order valence-electron chi connectivity index (χ3n) is 4.60. The van der Waals surface area contributed by atoms with E-state index < -0.39 is 18.2 Å². The molecule has 0 amide bonds. The van der Waals surface area contributed by atoms with Crippen LogP contribution in [-0.2, 0) is 9.59 Å². The van der Waals surface area contributed by atoms with Crippen molar-refractivity contribution < 1.29 is 24.9 Å². The Bertz CT molecular complexity index is 573. The van der Waals surface area contributed by atoms with Crippen LogP contribution in [0.25, 0.3) is 0 Å². The van der Waals surface area contributed by atoms with Gasteiger partial charge in [0.2, 0.25) is 0 Å². The number of Topliss-reactive ketones (excluding diaryl/α,β-unsaturated/α-hetero) is 1. The molecule has 0 spiro atoms. The Morgan fingerprint density at radius 1 is 1.19 bits per heavy atom. The molecule has 0 heterocycles. The van der Waals surface area contributed by atoms with Crippen LogP contribution >= 0.6 is 0 Å². The molecule has 0 aromatic rings. The van der Waals surface area contributed by atoms with Gasteiger partial charge in [-0.05, 0) is 32.1 Å². The SMILES string of the molecule is CC/C=C\C[C@H](O)/C=C/[C@@H]1C(=O)C[C@@H](O)[C@@H]1C/C=C\C/C=C\CCC(=O)O. The Balaban J connectivity index is 2.48. The molecule has 150 valence electrons. The fraction of sp³-hybridized carbons (Fsp3) is 0.545. The van der Waals surface area contributed by atoms with Crippen molar-refractivity contribution in [3.63, 3.8) is 0 Å². The molecule has 1 rings (SSSR count). The lowest BCUT2D eigenvalue weighted by Gasteiger charge is -2.16. The summed E-state index contributed by atoms with van der Waals surface area (Å²) in [6.07, 6.45) is 17.2. The summed E-state index contributed by atoms with van der Waals surface area (Å²) < 4.78 is 0. The first-order chi connectivity index (χ1) is 13.0. The minimum absolute atomic E-state index is 0.0158. The van der Waals surface area contributed by atoms with E-state index in [1.165, 1.54) is 0 Å². The number of allylic oxidation sites excluding steroid dienone is 6. The molecule has 1 fully saturated rings. The number of carbonyl (C=O) groups is 2. The highest BCUT2D eigenvalue weighted by atomic mass is 16.4. The molecule has 0 saturated heterocycles. The fourth-order valence-corrected chi connectivity index (χ4v) is 3.10. The molecule has 0 unspecified atom stereocenters. The van der Waals surface area contributed by atoms with E-state index in [0.717, 1.165) is 6.42 Å². The predicted molar refractivity (Wildman–Crippen MR) is 106 cm³/mol. The number of carbonyl (C=O) groups excluding carboxylic acids is 1. The summed E-state index contributed by atoms with van der Waals surface area (Å²) in [4.78, 5) is 22.5. The first-order valence-corrected chi connectivity index (χ1v) is 9.69. The Kier molecular flexibility index (Phi) is 11.3. The second kappa shape index (κ2) is 13.2. The van der Waals surface area contributed by atoms with Crippen molar-refractivity contribution in [2.45, 2.75) is 64.1 Å². The van der Waals surface area contributed by atoms with Crippen molar-refractivity contribution in [3.05, 3.63) is 48.6 Å². The Morgan fingerprint density at radius 2 is 1.93 bits per heavy atom. The van der Waals surface area contributed by atoms with Crippen LogP contribution in [0.5, 0.6) is 0 Å². The van der Waals surface area contributed by atoms with Crippen molar-refractivity contribution in [1.29, 1.82) is 0 Å². The smallest absolute Gasteiger partial charge is 0.303 e. The molecule has 27 heavy (non-hydrogen) atoms. The Labute approximate surface area is 161 Å². The van der Waals surface area contributed by atoms with E-state index in [2.05, 4.69) is 0 Å². The van der Waals surface area contributed by atoms with Crippen LogP contribution in [-0.4, -0.2) is 39.3 Å². The number of aliphatic hydroxyl groups excluding tert-OH is 2. The third kappa shape index (κ3) is 9.50. The average Bonchev–Trinajstić information content (AvgIpc) is 2.88. The highest BCUT2D eigenvalue weighted by Gasteiger charge is 2.39. The lowest BCUT2D eigenvalue weighted by atomic mass is 9.90. The maximum absolute atomic E-state index is 12.1. The van der Waals surface area contributed by atoms with Gasteiger partial charge in [0, 0.05) is 24.7 Å². The summed E-state index contributed by atoms with van der Waals surface area (Å²) in [5, 5.41) is 28.7. The molecule has 1 aliphatic carbocycles. The second-order valence-corrected chi connectivity index (χ2v) is 6.84. The van der Waals surface area contributed by atoms with E-state index in [0.29, 0.717) is 25.7 Å². The molecule has 0 radical (unpaired) electrons. The number of hydrogen-bond donors (Lipinski definition) is 3. The van der Waals surface area contributed by atoms with Crippen molar-refractivity contribution in [1.82, 2.24) is 0 Å². The molecular formula is C22H32O5. The maximum atomic E-state index is 12.1. The molecule has 5 heteroatoms. The monoisotopic (exact) mass is 376 g/mol. The van der Waals surface area contributed by atoms with Crippen molar-refractivity contribution >= 4 is 11.8 Å². The van der Waals surface area contributed by atoms with Crippen LogP contribution in [0.3, 0.4) is 0 Å². The average molecular weight is 376 g/mol. The van der Waals surface area contributed by atoms with Gasteiger partial charge in [-0.25, -0.2) is 0 Å². The van der Waals surface area contributed by atoms with Gasteiger partial charge in [-0.15, -0.1) is 0 Å². The summed E-state index contributed by atoms with van der Waals surface area (Å²) in [6.45, 7) is 2.03. The van der Waals surface area contributed by atoms with Gasteiger partial charge in [0.15, 0.2) is 0 Å². The van der Waals surface area contributed by atoms with Gasteiger partial charge in [-0.3, -0.25) is 9.59 Å². The molecule has 0 aromatic heterocycles. The minimum Gasteiger partial charge on any atom is -0.481 e. The summed E-state index contributed by atoms with van der Waals surface area (Å²) in [5.74, 6) is -1.32.